The van der Waals surface area contributed by atoms with E-state index in [2.05, 4.69) is 28.3 Å². The first-order chi connectivity index (χ1) is 1.00. The van der Waals surface area contributed by atoms with Gasteiger partial charge in [0.15, 0.2) is 0 Å². The van der Waals surface area contributed by atoms with Gasteiger partial charge in [-0.2, -0.15) is 0 Å². The van der Waals surface area contributed by atoms with Crippen molar-refractivity contribution in [2.75, 3.05) is 0 Å². The molecule has 5 heavy (non-hydrogen) atoms. The van der Waals surface area contributed by atoms with Gasteiger partial charge in [0.25, 0.3) is 0 Å². The van der Waals surface area contributed by atoms with Crippen LogP contribution in [0.3, 0.4) is 0 Å². The summed E-state index contributed by atoms with van der Waals surface area (Å²) in [5.74, 6) is 0. The van der Waals surface area contributed by atoms with Gasteiger partial charge in [-0.05, 0) is 0 Å². The van der Waals surface area contributed by atoms with Crippen molar-refractivity contribution in [3.63, 3.8) is 0 Å². The van der Waals surface area contributed by atoms with Crippen molar-refractivity contribution in [1.82, 2.24) is 0 Å². The summed E-state index contributed by atoms with van der Waals surface area (Å²) in [5, 5.41) is 0. The van der Waals surface area contributed by atoms with Crippen LogP contribution in [0.4, 0.5) is 0 Å². The zero-order chi connectivity index (χ0) is 2.00. The Balaban J connectivity index is -0.00000000167. The second-order valence-electron chi connectivity index (χ2n) is 0. The zero-order valence-electron chi connectivity index (χ0n) is 3.68. The van der Waals surface area contributed by atoms with Gasteiger partial charge in [-0.15, -0.1) is 0 Å². The van der Waals surface area contributed by atoms with Crippen LogP contribution in [0.15, 0.2) is 0 Å². The van der Waals surface area contributed by atoms with Crippen LogP contribution < -0.4 is 0 Å². The van der Waals surface area contributed by atoms with E-state index in [0.29, 0.717) is 0 Å². The third-order valence-electron chi connectivity index (χ3n) is 0. The van der Waals surface area contributed by atoms with Crippen molar-refractivity contribution in [3.05, 3.63) is 14.9 Å². The third-order valence-corrected chi connectivity index (χ3v) is 0. The van der Waals surface area contributed by atoms with Gasteiger partial charge in [-0.1, -0.05) is 0 Å². The van der Waals surface area contributed by atoms with E-state index in [4.69, 9.17) is 0 Å². The number of halogens is 1. The molecule has 0 heterocycles. The monoisotopic (exact) mass is 179 g/mol. The van der Waals surface area contributed by atoms with Crippen LogP contribution in [-0.2, 0) is 14.2 Å². The molecule has 0 unspecified atom stereocenters. The van der Waals surface area contributed by atoms with Gasteiger partial charge >= 0.3 is 28.3 Å². The van der Waals surface area contributed by atoms with E-state index >= 15 is 0 Å². The van der Waals surface area contributed by atoms with E-state index in [-0.39, 0.29) is 33.7 Å². The van der Waals surface area contributed by atoms with Crippen molar-refractivity contribution in [2.45, 2.75) is 0 Å². The molecular weight excluding hydrogens is 174 g/mol. The van der Waals surface area contributed by atoms with Crippen LogP contribution in [0.1, 0.15) is 0 Å². The molecule has 0 bridgehead atoms. The fourth-order valence-electron chi connectivity index (χ4n) is 0. The van der Waals surface area contributed by atoms with E-state index in [0.717, 1.165) is 0 Å². The first kappa shape index (κ1) is 30.6. The van der Waals surface area contributed by atoms with Crippen molar-refractivity contribution < 1.29 is 14.2 Å². The summed E-state index contributed by atoms with van der Waals surface area (Å²) in [5.41, 5.74) is 0. The molecule has 0 saturated carbocycles. The summed E-state index contributed by atoms with van der Waals surface area (Å²) < 4.78 is 0. The number of hydrogen-bond acceptors (Lipinski definition) is 0. The Bertz CT molecular complexity index is 9.61. The topological polar surface area (TPSA) is 0 Å². The standard InChI is InChI=1S/2CH3.BrH.Cu.Li/h2*1H3;1H;;/q2*-1;;+1;/p-1. The Morgan fingerprint density at radius 2 is 1.00 bits per heavy atom. The summed E-state index contributed by atoms with van der Waals surface area (Å²) in [6.45, 7) is 0. The molecule has 0 saturated heterocycles. The summed E-state index contributed by atoms with van der Waals surface area (Å²) in [6, 6.07) is 0. The third kappa shape index (κ3) is 28.4. The minimum Gasteiger partial charge on any atom is 0 e. The molecule has 0 amide bonds. The summed E-state index contributed by atoms with van der Waals surface area (Å²) in [6.07, 6.45) is 0. The molecule has 0 aromatic carbocycles. The molecule has 0 aliphatic rings. The average molecular weight is 180 g/mol. The maximum Gasteiger partial charge on any atom is 0 e. The SMILES string of the molecule is [CH3-].[CH3-].[Cu][Br].[Li]. The predicted octanol–water partition coefficient (Wildman–Crippen LogP) is 1.36. The minimum absolute atomic E-state index is 0. The molecule has 3 heteroatoms. The zero-order valence-corrected chi connectivity index (χ0v) is 6.21. The normalized spacial score (nSPS) is 1.40. The molecular formula is C2H6BrCuLi-2. The number of hydrogen-bond donors (Lipinski definition) is 0. The smallest absolute Gasteiger partial charge is 0 e. The fourth-order valence-corrected chi connectivity index (χ4v) is 0. The summed E-state index contributed by atoms with van der Waals surface area (Å²) >= 11 is 6.50. The maximum atomic E-state index is 4.00. The Hall–Kier alpha value is 1.60. The molecule has 0 aromatic rings. The Kier molecular flexibility index (Phi) is 284. The van der Waals surface area contributed by atoms with Gasteiger partial charge in [0.05, 0.1) is 0 Å². The van der Waals surface area contributed by atoms with Crippen molar-refractivity contribution in [3.8, 4) is 0 Å². The van der Waals surface area contributed by atoms with E-state index in [1.165, 1.54) is 0 Å². The molecule has 0 aromatic heterocycles. The Morgan fingerprint density at radius 1 is 1.00 bits per heavy atom. The second kappa shape index (κ2) is 46.4. The minimum atomic E-state index is 0. The van der Waals surface area contributed by atoms with Crippen molar-refractivity contribution in [2.24, 2.45) is 0 Å². The molecule has 0 atom stereocenters. The summed E-state index contributed by atoms with van der Waals surface area (Å²) in [4.78, 5) is 0. The van der Waals surface area contributed by atoms with Crippen LogP contribution in [0.2, 0.25) is 0 Å². The average Bonchev–Trinajstić information content (AvgIpc) is 1.00. The van der Waals surface area contributed by atoms with E-state index in [1.807, 2.05) is 0 Å². The van der Waals surface area contributed by atoms with Gasteiger partial charge in [0.1, 0.15) is 0 Å². The van der Waals surface area contributed by atoms with Gasteiger partial charge in [-0.3, -0.25) is 0 Å². The fraction of sp³-hybridized carbons (Fsp3) is 0. The first-order valence-electron chi connectivity index (χ1n) is 0.114. The largest absolute Gasteiger partial charge is 0 e. The van der Waals surface area contributed by atoms with Crippen LogP contribution in [0.5, 0.6) is 0 Å². The van der Waals surface area contributed by atoms with Crippen LogP contribution in [0, 0.1) is 14.9 Å². The molecule has 0 aliphatic carbocycles. The molecule has 0 nitrogen and oxygen atoms in total. The van der Waals surface area contributed by atoms with Gasteiger partial charge < -0.3 is 14.9 Å². The summed E-state index contributed by atoms with van der Waals surface area (Å²) in [7, 11) is 0. The van der Waals surface area contributed by atoms with Gasteiger partial charge in [0, 0.05) is 18.9 Å². The molecule has 0 N–H and O–H groups in total. The predicted molar refractivity (Wildman–Crippen MR) is 27.5 cm³/mol. The Morgan fingerprint density at radius 3 is 1.00 bits per heavy atom. The maximum absolute atomic E-state index is 4.00. The van der Waals surface area contributed by atoms with Crippen LogP contribution in [0.25, 0.3) is 0 Å². The van der Waals surface area contributed by atoms with Crippen molar-refractivity contribution >= 4 is 33.0 Å². The van der Waals surface area contributed by atoms with Gasteiger partial charge in [0.2, 0.25) is 0 Å². The van der Waals surface area contributed by atoms with Gasteiger partial charge in [-0.25, -0.2) is 0 Å². The molecule has 35 valence electrons. The quantitative estimate of drug-likeness (QED) is 0.390. The van der Waals surface area contributed by atoms with Crippen LogP contribution >= 0.6 is 14.1 Å². The van der Waals surface area contributed by atoms with E-state index in [1.54, 1.807) is 0 Å². The molecule has 1 radical (unpaired) electrons. The van der Waals surface area contributed by atoms with E-state index < -0.39 is 0 Å². The second-order valence-corrected chi connectivity index (χ2v) is 0. The molecule has 0 fully saturated rings. The molecule has 0 spiro atoms. The number of rotatable bonds is 0. The van der Waals surface area contributed by atoms with E-state index in [9.17, 15) is 0 Å². The first-order valence-corrected chi connectivity index (χ1v) is 2.44. The molecule has 0 aliphatic heterocycles. The van der Waals surface area contributed by atoms with Crippen LogP contribution in [-0.4, -0.2) is 18.9 Å². The molecule has 0 rings (SSSR count). The van der Waals surface area contributed by atoms with Crippen molar-refractivity contribution in [1.29, 1.82) is 0 Å². The Labute approximate surface area is 61.8 Å².